The van der Waals surface area contributed by atoms with E-state index in [-0.39, 0.29) is 4.90 Å². The molecule has 7 heteroatoms. The van der Waals surface area contributed by atoms with Crippen molar-refractivity contribution >= 4 is 39.7 Å². The molecule has 17 heavy (non-hydrogen) atoms. The lowest BCUT2D eigenvalue weighted by Crippen LogP contribution is -2.35. The maximum atomic E-state index is 12.3. The molecule has 0 radical (unpaired) electrons. The van der Waals surface area contributed by atoms with Gasteiger partial charge in [-0.3, -0.25) is 0 Å². The summed E-state index contributed by atoms with van der Waals surface area (Å²) in [5.74, 6) is 0.628. The lowest BCUT2D eigenvalue weighted by molar-refractivity contribution is -0.108. The van der Waals surface area contributed by atoms with Crippen molar-refractivity contribution in [3.05, 3.63) is 29.3 Å². The van der Waals surface area contributed by atoms with Gasteiger partial charge in [-0.05, 0) is 18.2 Å². The fourth-order valence-electron chi connectivity index (χ4n) is 1.60. The molecule has 0 aromatic heterocycles. The first-order chi connectivity index (χ1) is 8.05. The standard InChI is InChI=1S/C10H10ClNO3S2/c11-8-2-1-3-9(6-8)17(14,15)12-4-5-16-10(12)7-13/h1-3,6-7,10H,4-5H2/t10-/m0/s1. The lowest BCUT2D eigenvalue weighted by atomic mass is 10.4. The summed E-state index contributed by atoms with van der Waals surface area (Å²) in [5.41, 5.74) is 0. The first-order valence-electron chi connectivity index (χ1n) is 4.90. The van der Waals surface area contributed by atoms with Crippen molar-refractivity contribution in [3.63, 3.8) is 0 Å². The molecule has 2 rings (SSSR count). The Bertz CT molecular complexity index is 532. The molecule has 1 aromatic carbocycles. The Hall–Kier alpha value is -0.560. The molecule has 0 unspecified atom stereocenters. The van der Waals surface area contributed by atoms with E-state index >= 15 is 0 Å². The Balaban J connectivity index is 2.39. The van der Waals surface area contributed by atoms with Crippen molar-refractivity contribution in [2.24, 2.45) is 0 Å². The predicted octanol–water partition coefficient (Wildman–Crippen LogP) is 1.60. The normalized spacial score (nSPS) is 21.6. The molecule has 1 fully saturated rings. The molecule has 1 aliphatic heterocycles. The zero-order chi connectivity index (χ0) is 12.5. The van der Waals surface area contributed by atoms with Crippen LogP contribution in [-0.4, -0.2) is 36.7 Å². The van der Waals surface area contributed by atoms with E-state index in [1.54, 1.807) is 12.1 Å². The summed E-state index contributed by atoms with van der Waals surface area (Å²) in [6.07, 6.45) is 0.653. The van der Waals surface area contributed by atoms with Crippen LogP contribution in [-0.2, 0) is 14.8 Å². The van der Waals surface area contributed by atoms with Gasteiger partial charge >= 0.3 is 0 Å². The first kappa shape index (κ1) is 12.9. The van der Waals surface area contributed by atoms with Crippen LogP contribution in [0, 0.1) is 0 Å². The Morgan fingerprint density at radius 1 is 1.47 bits per heavy atom. The number of hydrogen-bond acceptors (Lipinski definition) is 4. The van der Waals surface area contributed by atoms with E-state index < -0.39 is 15.4 Å². The summed E-state index contributed by atoms with van der Waals surface area (Å²) < 4.78 is 25.7. The van der Waals surface area contributed by atoms with E-state index in [0.717, 1.165) is 0 Å². The van der Waals surface area contributed by atoms with Crippen molar-refractivity contribution in [2.75, 3.05) is 12.3 Å². The van der Waals surface area contributed by atoms with Crippen LogP contribution in [0.5, 0.6) is 0 Å². The number of thioether (sulfide) groups is 1. The molecule has 1 saturated heterocycles. The number of carbonyl (C=O) groups excluding carboxylic acids is 1. The SMILES string of the molecule is O=C[C@@H]1SCCN1S(=O)(=O)c1cccc(Cl)c1. The Kier molecular flexibility index (Phi) is 3.77. The van der Waals surface area contributed by atoms with Crippen LogP contribution >= 0.6 is 23.4 Å². The molecular formula is C10H10ClNO3S2. The van der Waals surface area contributed by atoms with Crippen LogP contribution in [0.2, 0.25) is 5.02 Å². The summed E-state index contributed by atoms with van der Waals surface area (Å²) >= 11 is 7.09. The average Bonchev–Trinajstić information content (AvgIpc) is 2.77. The van der Waals surface area contributed by atoms with Gasteiger partial charge in [0.2, 0.25) is 10.0 Å². The van der Waals surface area contributed by atoms with Gasteiger partial charge < -0.3 is 4.79 Å². The minimum Gasteiger partial charge on any atom is -0.301 e. The summed E-state index contributed by atoms with van der Waals surface area (Å²) in [7, 11) is -3.63. The quantitative estimate of drug-likeness (QED) is 0.794. The number of rotatable bonds is 3. The Morgan fingerprint density at radius 3 is 2.88 bits per heavy atom. The average molecular weight is 292 g/mol. The van der Waals surface area contributed by atoms with Gasteiger partial charge in [0.15, 0.2) is 0 Å². The largest absolute Gasteiger partial charge is 0.301 e. The maximum Gasteiger partial charge on any atom is 0.244 e. The van der Waals surface area contributed by atoms with Gasteiger partial charge in [0.05, 0.1) is 4.90 Å². The van der Waals surface area contributed by atoms with Crippen molar-refractivity contribution in [1.29, 1.82) is 0 Å². The second-order valence-electron chi connectivity index (χ2n) is 3.47. The summed E-state index contributed by atoms with van der Waals surface area (Å²) in [5, 5.41) is -0.264. The van der Waals surface area contributed by atoms with Crippen molar-refractivity contribution in [3.8, 4) is 0 Å². The molecule has 0 saturated carbocycles. The van der Waals surface area contributed by atoms with Gasteiger partial charge in [0.25, 0.3) is 0 Å². The molecule has 1 aromatic rings. The molecule has 0 bridgehead atoms. The molecule has 1 atom stereocenters. The first-order valence-corrected chi connectivity index (χ1v) is 7.77. The third-order valence-corrected chi connectivity index (χ3v) is 5.77. The predicted molar refractivity (Wildman–Crippen MR) is 67.7 cm³/mol. The maximum absolute atomic E-state index is 12.3. The Labute approximate surface area is 109 Å². The van der Waals surface area contributed by atoms with Gasteiger partial charge in [-0.15, -0.1) is 11.8 Å². The highest BCUT2D eigenvalue weighted by atomic mass is 35.5. The molecule has 1 heterocycles. The number of carbonyl (C=O) groups is 1. The highest BCUT2D eigenvalue weighted by Gasteiger charge is 2.35. The molecule has 0 N–H and O–H groups in total. The third-order valence-electron chi connectivity index (χ3n) is 2.40. The second-order valence-corrected chi connectivity index (χ2v) is 7.02. The second kappa shape index (κ2) is 4.97. The van der Waals surface area contributed by atoms with Crippen LogP contribution in [0.1, 0.15) is 0 Å². The van der Waals surface area contributed by atoms with Gasteiger partial charge in [-0.2, -0.15) is 4.31 Å². The van der Waals surface area contributed by atoms with Gasteiger partial charge in [-0.1, -0.05) is 17.7 Å². The van der Waals surface area contributed by atoms with E-state index in [0.29, 0.717) is 23.6 Å². The zero-order valence-electron chi connectivity index (χ0n) is 8.74. The number of aldehydes is 1. The Morgan fingerprint density at radius 2 is 2.24 bits per heavy atom. The van der Waals surface area contributed by atoms with Gasteiger partial charge in [0.1, 0.15) is 11.7 Å². The minimum atomic E-state index is -3.63. The monoisotopic (exact) mass is 291 g/mol. The fraction of sp³-hybridized carbons (Fsp3) is 0.300. The van der Waals surface area contributed by atoms with Crippen LogP contribution < -0.4 is 0 Å². The number of nitrogens with zero attached hydrogens (tertiary/aromatic N) is 1. The number of benzene rings is 1. The highest BCUT2D eigenvalue weighted by molar-refractivity contribution is 8.01. The van der Waals surface area contributed by atoms with E-state index in [2.05, 4.69) is 0 Å². The highest BCUT2D eigenvalue weighted by Crippen LogP contribution is 2.29. The number of hydrogen-bond donors (Lipinski definition) is 0. The van der Waals surface area contributed by atoms with E-state index in [9.17, 15) is 13.2 Å². The van der Waals surface area contributed by atoms with Crippen molar-refractivity contribution in [2.45, 2.75) is 10.3 Å². The molecular weight excluding hydrogens is 282 g/mol. The van der Waals surface area contributed by atoms with E-state index in [4.69, 9.17) is 11.6 Å². The number of sulfonamides is 1. The molecule has 1 aliphatic rings. The summed E-state index contributed by atoms with van der Waals surface area (Å²) in [4.78, 5) is 10.9. The van der Waals surface area contributed by atoms with Crippen LogP contribution in [0.25, 0.3) is 0 Å². The van der Waals surface area contributed by atoms with Crippen LogP contribution in [0.15, 0.2) is 29.2 Å². The zero-order valence-corrected chi connectivity index (χ0v) is 11.1. The number of halogens is 1. The minimum absolute atomic E-state index is 0.124. The van der Waals surface area contributed by atoms with Gasteiger partial charge in [0, 0.05) is 17.3 Å². The molecule has 0 amide bonds. The smallest absolute Gasteiger partial charge is 0.244 e. The molecule has 0 aliphatic carbocycles. The summed E-state index contributed by atoms with van der Waals surface area (Å²) in [6.45, 7) is 0.350. The van der Waals surface area contributed by atoms with E-state index in [1.165, 1.54) is 28.2 Å². The van der Waals surface area contributed by atoms with E-state index in [1.807, 2.05) is 0 Å². The van der Waals surface area contributed by atoms with Crippen LogP contribution in [0.4, 0.5) is 0 Å². The summed E-state index contributed by atoms with van der Waals surface area (Å²) in [6, 6.07) is 6.05. The van der Waals surface area contributed by atoms with Crippen molar-refractivity contribution < 1.29 is 13.2 Å². The third kappa shape index (κ3) is 2.49. The fourth-order valence-corrected chi connectivity index (χ4v) is 4.84. The van der Waals surface area contributed by atoms with Crippen LogP contribution in [0.3, 0.4) is 0 Å². The molecule has 0 spiro atoms. The molecule has 92 valence electrons. The topological polar surface area (TPSA) is 54.5 Å². The van der Waals surface area contributed by atoms with Gasteiger partial charge in [-0.25, -0.2) is 8.42 Å². The molecule has 4 nitrogen and oxygen atoms in total. The van der Waals surface area contributed by atoms with Crippen molar-refractivity contribution in [1.82, 2.24) is 4.31 Å². The lowest BCUT2D eigenvalue weighted by Gasteiger charge is -2.19.